The van der Waals surface area contributed by atoms with Crippen LogP contribution in [-0.4, -0.2) is 20.7 Å². The highest BCUT2D eigenvalue weighted by molar-refractivity contribution is 7.08. The maximum Gasteiger partial charge on any atom is 0.269 e. The summed E-state index contributed by atoms with van der Waals surface area (Å²) in [6, 6.07) is 17.5. The molecular weight excluding hydrogens is 356 g/mol. The van der Waals surface area contributed by atoms with Gasteiger partial charge in [0.25, 0.3) is 5.91 Å². The van der Waals surface area contributed by atoms with Crippen molar-refractivity contribution in [2.75, 3.05) is 0 Å². The van der Waals surface area contributed by atoms with Crippen molar-refractivity contribution in [3.05, 3.63) is 82.8 Å². The maximum atomic E-state index is 12.7. The lowest BCUT2D eigenvalue weighted by molar-refractivity contribution is 0.0941. The van der Waals surface area contributed by atoms with Crippen molar-refractivity contribution in [1.29, 1.82) is 0 Å². The van der Waals surface area contributed by atoms with Crippen molar-refractivity contribution in [3.63, 3.8) is 0 Å². The van der Waals surface area contributed by atoms with Crippen LogP contribution in [0.3, 0.4) is 0 Å². The standard InChI is InChI=1S/C21H18N4OS/c1-25-19(12-18(24-25)15-6-3-2-4-7-15)21(26)23-13-16-8-5-10-22-20(16)17-9-11-27-14-17/h2-12,14H,13H2,1H3,(H,23,26). The lowest BCUT2D eigenvalue weighted by atomic mass is 10.1. The molecule has 3 aromatic heterocycles. The van der Waals surface area contributed by atoms with E-state index in [-0.39, 0.29) is 5.91 Å². The lowest BCUT2D eigenvalue weighted by Crippen LogP contribution is -2.25. The Morgan fingerprint density at radius 3 is 2.74 bits per heavy atom. The highest BCUT2D eigenvalue weighted by atomic mass is 32.1. The third-order valence-corrected chi connectivity index (χ3v) is 4.99. The van der Waals surface area contributed by atoms with Crippen LogP contribution in [0.15, 0.2) is 71.6 Å². The average molecular weight is 374 g/mol. The molecule has 4 aromatic rings. The molecule has 134 valence electrons. The Morgan fingerprint density at radius 1 is 1.11 bits per heavy atom. The molecule has 0 aliphatic carbocycles. The quantitative estimate of drug-likeness (QED) is 0.571. The molecule has 27 heavy (non-hydrogen) atoms. The van der Waals surface area contributed by atoms with Crippen LogP contribution in [0.25, 0.3) is 22.5 Å². The Kier molecular flexibility index (Phi) is 4.80. The molecule has 0 unspecified atom stereocenters. The van der Waals surface area contributed by atoms with Gasteiger partial charge in [0.1, 0.15) is 5.69 Å². The molecule has 0 aliphatic heterocycles. The fourth-order valence-corrected chi connectivity index (χ4v) is 3.58. The molecule has 6 heteroatoms. The number of rotatable bonds is 5. The summed E-state index contributed by atoms with van der Waals surface area (Å²) in [5, 5.41) is 11.5. The fraction of sp³-hybridized carbons (Fsp3) is 0.0952. The zero-order valence-corrected chi connectivity index (χ0v) is 15.6. The van der Waals surface area contributed by atoms with Crippen LogP contribution in [0.4, 0.5) is 0 Å². The number of carbonyl (C=O) groups excluding carboxylic acids is 1. The topological polar surface area (TPSA) is 59.8 Å². The van der Waals surface area contributed by atoms with E-state index in [9.17, 15) is 4.79 Å². The molecule has 1 N–H and O–H groups in total. The van der Waals surface area contributed by atoms with Gasteiger partial charge in [-0.2, -0.15) is 16.4 Å². The van der Waals surface area contributed by atoms with Crippen molar-refractivity contribution in [2.45, 2.75) is 6.54 Å². The van der Waals surface area contributed by atoms with E-state index >= 15 is 0 Å². The maximum absolute atomic E-state index is 12.7. The molecule has 0 radical (unpaired) electrons. The molecule has 3 heterocycles. The van der Waals surface area contributed by atoms with Crippen LogP contribution < -0.4 is 5.32 Å². The number of thiophene rings is 1. The van der Waals surface area contributed by atoms with Gasteiger partial charge in [-0.3, -0.25) is 14.5 Å². The number of nitrogens with one attached hydrogen (secondary N) is 1. The van der Waals surface area contributed by atoms with Crippen molar-refractivity contribution in [2.24, 2.45) is 7.05 Å². The minimum absolute atomic E-state index is 0.160. The van der Waals surface area contributed by atoms with E-state index < -0.39 is 0 Å². The van der Waals surface area contributed by atoms with Gasteiger partial charge < -0.3 is 5.32 Å². The molecule has 1 amide bonds. The second-order valence-electron chi connectivity index (χ2n) is 6.11. The predicted octanol–water partition coefficient (Wildman–Crippen LogP) is 4.14. The van der Waals surface area contributed by atoms with E-state index in [1.807, 2.05) is 60.0 Å². The third kappa shape index (κ3) is 3.66. The van der Waals surface area contributed by atoms with Gasteiger partial charge in [-0.05, 0) is 29.1 Å². The number of benzene rings is 1. The van der Waals surface area contributed by atoms with Crippen molar-refractivity contribution in [3.8, 4) is 22.5 Å². The zero-order valence-electron chi connectivity index (χ0n) is 14.8. The van der Waals surface area contributed by atoms with Gasteiger partial charge in [0, 0.05) is 36.3 Å². The SMILES string of the molecule is Cn1nc(-c2ccccc2)cc1C(=O)NCc1cccnc1-c1ccsc1. The number of hydrogen-bond acceptors (Lipinski definition) is 4. The average Bonchev–Trinajstić information content (AvgIpc) is 3.37. The van der Waals surface area contributed by atoms with E-state index in [1.165, 1.54) is 0 Å². The first-order valence-corrected chi connectivity index (χ1v) is 9.51. The Balaban J connectivity index is 1.52. The summed E-state index contributed by atoms with van der Waals surface area (Å²) in [5.41, 5.74) is 5.23. The van der Waals surface area contributed by atoms with E-state index in [1.54, 1.807) is 29.3 Å². The Morgan fingerprint density at radius 2 is 1.96 bits per heavy atom. The summed E-state index contributed by atoms with van der Waals surface area (Å²) in [6.07, 6.45) is 1.77. The van der Waals surface area contributed by atoms with Crippen LogP contribution >= 0.6 is 11.3 Å². The fourth-order valence-electron chi connectivity index (χ4n) is 2.94. The molecule has 0 aliphatic rings. The van der Waals surface area contributed by atoms with Crippen molar-refractivity contribution in [1.82, 2.24) is 20.1 Å². The van der Waals surface area contributed by atoms with E-state index in [2.05, 4.69) is 20.8 Å². The first-order chi connectivity index (χ1) is 13.2. The predicted molar refractivity (Wildman–Crippen MR) is 107 cm³/mol. The molecular formula is C21H18N4OS. The van der Waals surface area contributed by atoms with Crippen LogP contribution in [0.2, 0.25) is 0 Å². The Bertz CT molecular complexity index is 1060. The first kappa shape index (κ1) is 17.2. The molecule has 4 rings (SSSR count). The zero-order chi connectivity index (χ0) is 18.6. The molecule has 5 nitrogen and oxygen atoms in total. The van der Waals surface area contributed by atoms with Crippen molar-refractivity contribution < 1.29 is 4.79 Å². The number of hydrogen-bond donors (Lipinski definition) is 1. The Hall–Kier alpha value is -3.25. The van der Waals surface area contributed by atoms with E-state index in [0.717, 1.165) is 28.1 Å². The number of nitrogens with zero attached hydrogens (tertiary/aromatic N) is 3. The molecule has 0 atom stereocenters. The lowest BCUT2D eigenvalue weighted by Gasteiger charge is -2.09. The van der Waals surface area contributed by atoms with Gasteiger partial charge in [0.05, 0.1) is 11.4 Å². The number of amides is 1. The van der Waals surface area contributed by atoms with Crippen LogP contribution in [0.5, 0.6) is 0 Å². The highest BCUT2D eigenvalue weighted by Gasteiger charge is 2.15. The largest absolute Gasteiger partial charge is 0.347 e. The number of aromatic nitrogens is 3. The second kappa shape index (κ2) is 7.55. The summed E-state index contributed by atoms with van der Waals surface area (Å²) in [6.45, 7) is 0.406. The highest BCUT2D eigenvalue weighted by Crippen LogP contribution is 2.23. The number of aryl methyl sites for hydroxylation is 1. The summed E-state index contributed by atoms with van der Waals surface area (Å²) in [7, 11) is 1.78. The van der Waals surface area contributed by atoms with Gasteiger partial charge in [-0.25, -0.2) is 0 Å². The third-order valence-electron chi connectivity index (χ3n) is 4.31. The van der Waals surface area contributed by atoms with E-state index in [4.69, 9.17) is 0 Å². The molecule has 0 spiro atoms. The van der Waals surface area contributed by atoms with Gasteiger partial charge in [0.15, 0.2) is 0 Å². The van der Waals surface area contributed by atoms with Gasteiger partial charge in [-0.15, -0.1) is 0 Å². The summed E-state index contributed by atoms with van der Waals surface area (Å²) in [5.74, 6) is -0.160. The van der Waals surface area contributed by atoms with Crippen molar-refractivity contribution >= 4 is 17.2 Å². The van der Waals surface area contributed by atoms with Gasteiger partial charge >= 0.3 is 0 Å². The van der Waals surface area contributed by atoms with Crippen LogP contribution in [-0.2, 0) is 13.6 Å². The number of pyridine rings is 1. The summed E-state index contributed by atoms with van der Waals surface area (Å²) in [4.78, 5) is 17.2. The summed E-state index contributed by atoms with van der Waals surface area (Å²) < 4.78 is 1.61. The van der Waals surface area contributed by atoms with Gasteiger partial charge in [-0.1, -0.05) is 36.4 Å². The smallest absolute Gasteiger partial charge is 0.269 e. The molecule has 0 saturated heterocycles. The van der Waals surface area contributed by atoms with Crippen LogP contribution in [0, 0.1) is 0 Å². The molecule has 0 fully saturated rings. The minimum Gasteiger partial charge on any atom is -0.347 e. The Labute approximate surface area is 161 Å². The minimum atomic E-state index is -0.160. The normalized spacial score (nSPS) is 10.7. The molecule has 0 bridgehead atoms. The monoisotopic (exact) mass is 374 g/mol. The number of carbonyl (C=O) groups is 1. The summed E-state index contributed by atoms with van der Waals surface area (Å²) >= 11 is 1.63. The molecule has 0 saturated carbocycles. The molecule has 1 aromatic carbocycles. The second-order valence-corrected chi connectivity index (χ2v) is 6.89. The first-order valence-electron chi connectivity index (χ1n) is 8.56. The van der Waals surface area contributed by atoms with Gasteiger partial charge in [0.2, 0.25) is 0 Å². The van der Waals surface area contributed by atoms with E-state index in [0.29, 0.717) is 12.2 Å². The van der Waals surface area contributed by atoms with Crippen LogP contribution in [0.1, 0.15) is 16.1 Å².